The van der Waals surface area contributed by atoms with Crippen LogP contribution in [0.4, 0.5) is 0 Å². The van der Waals surface area contributed by atoms with E-state index in [0.717, 1.165) is 13.0 Å². The Labute approximate surface area is 127 Å². The second-order valence-electron chi connectivity index (χ2n) is 4.37. The molecule has 2 aromatic rings. The smallest absolute Gasteiger partial charge is 0.227 e. The van der Waals surface area contributed by atoms with Crippen LogP contribution in [0.1, 0.15) is 19.2 Å². The first-order chi connectivity index (χ1) is 10.3. The minimum absolute atomic E-state index is 0.0141. The van der Waals surface area contributed by atoms with Crippen LogP contribution in [0.5, 0.6) is 5.75 Å². The Morgan fingerprint density at radius 2 is 2.24 bits per heavy atom. The summed E-state index contributed by atoms with van der Waals surface area (Å²) in [5, 5.41) is 3.50. The number of rotatable bonds is 8. The highest BCUT2D eigenvalue weighted by Crippen LogP contribution is 2.10. The third-order valence-electron chi connectivity index (χ3n) is 2.68. The third kappa shape index (κ3) is 5.55. The molecule has 0 bridgehead atoms. The average Bonchev–Trinajstić information content (AvgIpc) is 3.00. The quantitative estimate of drug-likeness (QED) is 0.691. The van der Waals surface area contributed by atoms with Crippen molar-refractivity contribution in [1.82, 2.24) is 10.1 Å². The maximum Gasteiger partial charge on any atom is 0.227 e. The van der Waals surface area contributed by atoms with Crippen LogP contribution in [-0.2, 0) is 17.8 Å². The number of pyridine rings is 1. The molecule has 0 N–H and O–H groups in total. The molecule has 0 radical (unpaired) electrons. The van der Waals surface area contributed by atoms with E-state index in [9.17, 15) is 4.79 Å². The minimum atomic E-state index is -0.0141. The van der Waals surface area contributed by atoms with Gasteiger partial charge < -0.3 is 9.26 Å². The highest BCUT2D eigenvalue weighted by Gasteiger charge is 2.07. The number of hydrogen-bond acceptors (Lipinski definition) is 6. The van der Waals surface area contributed by atoms with Crippen LogP contribution in [-0.4, -0.2) is 27.6 Å². The van der Waals surface area contributed by atoms with E-state index >= 15 is 0 Å². The summed E-state index contributed by atoms with van der Waals surface area (Å²) < 4.78 is 12.4. The molecule has 2 rings (SSSR count). The van der Waals surface area contributed by atoms with Crippen molar-refractivity contribution in [2.45, 2.75) is 26.3 Å². The first-order valence-corrected chi connectivity index (χ1v) is 7.79. The van der Waals surface area contributed by atoms with Gasteiger partial charge in [0.15, 0.2) is 25.3 Å². The van der Waals surface area contributed by atoms with Crippen molar-refractivity contribution in [3.8, 4) is 5.75 Å². The molecular formula is C14H18N3O3S+. The van der Waals surface area contributed by atoms with Crippen molar-refractivity contribution in [1.29, 1.82) is 0 Å². The molecule has 112 valence electrons. The highest BCUT2D eigenvalue weighted by molar-refractivity contribution is 8.13. The van der Waals surface area contributed by atoms with E-state index in [4.69, 9.17) is 9.26 Å². The molecule has 0 amide bonds. The zero-order chi connectivity index (χ0) is 14.9. The van der Waals surface area contributed by atoms with Crippen molar-refractivity contribution in [2.75, 3.05) is 12.4 Å². The van der Waals surface area contributed by atoms with Gasteiger partial charge in [0.2, 0.25) is 11.0 Å². The second kappa shape index (κ2) is 8.41. The molecule has 0 saturated carbocycles. The molecule has 0 aliphatic heterocycles. The Hall–Kier alpha value is -1.89. The van der Waals surface area contributed by atoms with Crippen LogP contribution in [0.15, 0.2) is 35.4 Å². The zero-order valence-corrected chi connectivity index (χ0v) is 12.7. The molecule has 0 spiro atoms. The number of hydrogen-bond donors (Lipinski definition) is 0. The lowest BCUT2D eigenvalue weighted by Gasteiger charge is -2.04. The number of ether oxygens (including phenoxy) is 1. The molecule has 0 fully saturated rings. The van der Waals surface area contributed by atoms with Gasteiger partial charge in [-0.25, -0.2) is 4.57 Å². The van der Waals surface area contributed by atoms with Gasteiger partial charge in [-0.3, -0.25) is 4.79 Å². The predicted octanol–water partition coefficient (Wildman–Crippen LogP) is 1.65. The van der Waals surface area contributed by atoms with E-state index in [1.165, 1.54) is 18.1 Å². The van der Waals surface area contributed by atoms with Crippen molar-refractivity contribution in [2.24, 2.45) is 0 Å². The van der Waals surface area contributed by atoms with Gasteiger partial charge in [0.25, 0.3) is 0 Å². The lowest BCUT2D eigenvalue weighted by atomic mass is 10.4. The summed E-state index contributed by atoms with van der Waals surface area (Å²) in [6.07, 6.45) is 6.92. The zero-order valence-electron chi connectivity index (χ0n) is 11.9. The van der Waals surface area contributed by atoms with Crippen LogP contribution in [0.25, 0.3) is 0 Å². The first-order valence-electron chi connectivity index (χ1n) is 6.81. The van der Waals surface area contributed by atoms with Crippen molar-refractivity contribution in [3.05, 3.63) is 36.7 Å². The SMILES string of the molecule is CCC[n+]1ccc(OCC(=O)SCCc2ncno2)cc1. The lowest BCUT2D eigenvalue weighted by Crippen LogP contribution is -2.31. The summed E-state index contributed by atoms with van der Waals surface area (Å²) >= 11 is 1.21. The number of aromatic nitrogens is 3. The normalized spacial score (nSPS) is 10.5. The molecule has 0 atom stereocenters. The summed E-state index contributed by atoms with van der Waals surface area (Å²) in [6.45, 7) is 3.17. The monoisotopic (exact) mass is 308 g/mol. The summed E-state index contributed by atoms with van der Waals surface area (Å²) in [5.74, 6) is 1.85. The summed E-state index contributed by atoms with van der Waals surface area (Å²) in [6, 6.07) is 3.73. The van der Waals surface area contributed by atoms with Crippen LogP contribution < -0.4 is 9.30 Å². The van der Waals surface area contributed by atoms with E-state index in [1.54, 1.807) is 0 Å². The van der Waals surface area contributed by atoms with Gasteiger partial charge in [-0.1, -0.05) is 23.8 Å². The van der Waals surface area contributed by atoms with Crippen LogP contribution in [0, 0.1) is 0 Å². The number of carbonyl (C=O) groups is 1. The number of thioether (sulfide) groups is 1. The molecule has 6 nitrogen and oxygen atoms in total. The first kappa shape index (κ1) is 15.5. The van der Waals surface area contributed by atoms with E-state index in [0.29, 0.717) is 23.8 Å². The molecule has 7 heteroatoms. The Balaban J connectivity index is 1.66. The van der Waals surface area contributed by atoms with Gasteiger partial charge in [-0.15, -0.1) is 0 Å². The van der Waals surface area contributed by atoms with Gasteiger partial charge in [-0.2, -0.15) is 4.98 Å². The average molecular weight is 308 g/mol. The molecular weight excluding hydrogens is 290 g/mol. The van der Waals surface area contributed by atoms with Crippen LogP contribution in [0.2, 0.25) is 0 Å². The molecule has 0 aromatic carbocycles. The summed E-state index contributed by atoms with van der Waals surface area (Å²) in [7, 11) is 0. The fourth-order valence-corrected chi connectivity index (χ4v) is 2.34. The third-order valence-corrected chi connectivity index (χ3v) is 3.53. The molecule has 0 aliphatic rings. The highest BCUT2D eigenvalue weighted by atomic mass is 32.2. The van der Waals surface area contributed by atoms with Gasteiger partial charge in [0.1, 0.15) is 12.3 Å². The molecule has 2 aromatic heterocycles. The van der Waals surface area contributed by atoms with Gasteiger partial charge >= 0.3 is 0 Å². The Morgan fingerprint density at radius 3 is 2.90 bits per heavy atom. The van der Waals surface area contributed by atoms with Gasteiger partial charge in [0, 0.05) is 30.7 Å². The van der Waals surface area contributed by atoms with Crippen LogP contribution in [0.3, 0.4) is 0 Å². The molecule has 2 heterocycles. The van der Waals surface area contributed by atoms with E-state index < -0.39 is 0 Å². The maximum absolute atomic E-state index is 11.7. The van der Waals surface area contributed by atoms with E-state index in [-0.39, 0.29) is 11.7 Å². The molecule has 0 saturated heterocycles. The van der Waals surface area contributed by atoms with Crippen molar-refractivity contribution in [3.63, 3.8) is 0 Å². The fourth-order valence-electron chi connectivity index (χ4n) is 1.69. The minimum Gasteiger partial charge on any atom is -0.484 e. The van der Waals surface area contributed by atoms with Crippen molar-refractivity contribution >= 4 is 16.9 Å². The Bertz CT molecular complexity index is 543. The largest absolute Gasteiger partial charge is 0.484 e. The predicted molar refractivity (Wildman–Crippen MR) is 77.9 cm³/mol. The Kier molecular flexibility index (Phi) is 6.21. The fraction of sp³-hybridized carbons (Fsp3) is 0.429. The van der Waals surface area contributed by atoms with Crippen molar-refractivity contribution < 1.29 is 18.6 Å². The number of carbonyl (C=O) groups excluding carboxylic acids is 1. The second-order valence-corrected chi connectivity index (χ2v) is 5.52. The number of nitrogens with zero attached hydrogens (tertiary/aromatic N) is 3. The van der Waals surface area contributed by atoms with Gasteiger partial charge in [0.05, 0.1) is 0 Å². The number of aryl methyl sites for hydroxylation is 2. The standard InChI is InChI=1S/C14H18N3O3S/c1-2-6-17-7-3-12(4-8-17)19-10-14(18)21-9-5-13-15-11-16-20-13/h3-4,7-8,11H,2,5-6,9-10H2,1H3/q+1. The topological polar surface area (TPSA) is 69.1 Å². The van der Waals surface area contributed by atoms with E-state index in [1.807, 2.05) is 24.5 Å². The van der Waals surface area contributed by atoms with Crippen LogP contribution >= 0.6 is 11.8 Å². The maximum atomic E-state index is 11.7. The lowest BCUT2D eigenvalue weighted by molar-refractivity contribution is -0.697. The molecule has 0 unspecified atom stereocenters. The molecule has 21 heavy (non-hydrogen) atoms. The van der Waals surface area contributed by atoms with Gasteiger partial charge in [-0.05, 0) is 0 Å². The Morgan fingerprint density at radius 1 is 1.43 bits per heavy atom. The molecule has 0 aliphatic carbocycles. The summed E-state index contributed by atoms with van der Waals surface area (Å²) in [5.41, 5.74) is 0. The summed E-state index contributed by atoms with van der Waals surface area (Å²) in [4.78, 5) is 15.6. The van der Waals surface area contributed by atoms with E-state index in [2.05, 4.69) is 21.6 Å².